The van der Waals surface area contributed by atoms with Gasteiger partial charge in [0.1, 0.15) is 5.52 Å². The van der Waals surface area contributed by atoms with Gasteiger partial charge in [0.25, 0.3) is 0 Å². The van der Waals surface area contributed by atoms with E-state index in [1.54, 1.807) is 6.07 Å². The van der Waals surface area contributed by atoms with Crippen molar-refractivity contribution in [1.82, 2.24) is 9.55 Å². The summed E-state index contributed by atoms with van der Waals surface area (Å²) in [5.74, 6) is 0.0667. The Morgan fingerprint density at radius 1 is 1.35 bits per heavy atom. The molecular formula is C12H14FN3O. The topological polar surface area (TPSA) is 53.1 Å². The van der Waals surface area contributed by atoms with Crippen LogP contribution in [0, 0.1) is 5.82 Å². The molecule has 4 nitrogen and oxygen atoms in total. The van der Waals surface area contributed by atoms with E-state index < -0.39 is 0 Å². The Morgan fingerprint density at radius 3 is 2.88 bits per heavy atom. The molecule has 1 saturated heterocycles. The molecule has 0 aliphatic carbocycles. The summed E-state index contributed by atoms with van der Waals surface area (Å²) in [6, 6.07) is 5.21. The molecule has 0 unspecified atom stereocenters. The average Bonchev–Trinajstić information content (AvgIpc) is 2.68. The molecule has 3 rings (SSSR count). The monoisotopic (exact) mass is 235 g/mol. The molecule has 0 radical (unpaired) electrons. The van der Waals surface area contributed by atoms with Crippen molar-refractivity contribution in [3.63, 3.8) is 0 Å². The Bertz CT molecular complexity index is 546. The fourth-order valence-electron chi connectivity index (χ4n) is 2.43. The highest BCUT2D eigenvalue weighted by molar-refractivity contribution is 5.79. The van der Waals surface area contributed by atoms with Crippen LogP contribution in [-0.2, 0) is 4.74 Å². The molecule has 1 aromatic carbocycles. The number of halogens is 1. The van der Waals surface area contributed by atoms with Gasteiger partial charge in [0.2, 0.25) is 5.95 Å². The van der Waals surface area contributed by atoms with E-state index in [0.29, 0.717) is 11.5 Å². The van der Waals surface area contributed by atoms with Gasteiger partial charge in [-0.1, -0.05) is 6.07 Å². The van der Waals surface area contributed by atoms with Crippen molar-refractivity contribution in [2.24, 2.45) is 0 Å². The summed E-state index contributed by atoms with van der Waals surface area (Å²) < 4.78 is 20.8. The van der Waals surface area contributed by atoms with E-state index in [2.05, 4.69) is 4.98 Å². The van der Waals surface area contributed by atoms with Crippen LogP contribution in [0.2, 0.25) is 0 Å². The van der Waals surface area contributed by atoms with Crippen molar-refractivity contribution < 1.29 is 9.13 Å². The van der Waals surface area contributed by atoms with Crippen LogP contribution in [-0.4, -0.2) is 22.8 Å². The third-order valence-corrected chi connectivity index (χ3v) is 3.25. The summed E-state index contributed by atoms with van der Waals surface area (Å²) in [6.45, 7) is 1.44. The van der Waals surface area contributed by atoms with Crippen molar-refractivity contribution in [3.8, 4) is 0 Å². The normalized spacial score (nSPS) is 17.7. The van der Waals surface area contributed by atoms with Crippen LogP contribution in [0.5, 0.6) is 0 Å². The van der Waals surface area contributed by atoms with Crippen molar-refractivity contribution in [2.45, 2.75) is 18.9 Å². The number of imidazole rings is 1. The van der Waals surface area contributed by atoms with Crippen LogP contribution in [0.25, 0.3) is 11.0 Å². The van der Waals surface area contributed by atoms with Gasteiger partial charge in [-0.25, -0.2) is 9.37 Å². The van der Waals surface area contributed by atoms with Crippen molar-refractivity contribution in [3.05, 3.63) is 24.0 Å². The molecule has 17 heavy (non-hydrogen) atoms. The molecule has 1 aliphatic rings. The molecule has 1 fully saturated rings. The highest BCUT2D eigenvalue weighted by Crippen LogP contribution is 2.29. The molecule has 2 heterocycles. The molecular weight excluding hydrogens is 221 g/mol. The standard InChI is InChI=1S/C12H14FN3O/c13-9-2-1-3-10-11(9)15-12(14)16(10)8-4-6-17-7-5-8/h1-3,8H,4-7H2,(H2,14,15). The lowest BCUT2D eigenvalue weighted by Crippen LogP contribution is -2.20. The summed E-state index contributed by atoms with van der Waals surface area (Å²) in [6.07, 6.45) is 1.79. The fraction of sp³-hybridized carbons (Fsp3) is 0.417. The second-order valence-electron chi connectivity index (χ2n) is 4.29. The van der Waals surface area contributed by atoms with E-state index in [-0.39, 0.29) is 11.9 Å². The Morgan fingerprint density at radius 2 is 2.12 bits per heavy atom. The number of anilines is 1. The van der Waals surface area contributed by atoms with E-state index >= 15 is 0 Å². The minimum absolute atomic E-state index is 0.260. The first-order valence-electron chi connectivity index (χ1n) is 5.77. The zero-order valence-corrected chi connectivity index (χ0v) is 9.40. The van der Waals surface area contributed by atoms with Gasteiger partial charge in [-0.2, -0.15) is 0 Å². The molecule has 0 amide bonds. The summed E-state index contributed by atoms with van der Waals surface area (Å²) in [5, 5.41) is 0. The number of nitrogens with two attached hydrogens (primary N) is 1. The number of nitrogen functional groups attached to an aromatic ring is 1. The van der Waals surface area contributed by atoms with E-state index in [1.165, 1.54) is 6.07 Å². The average molecular weight is 235 g/mol. The van der Waals surface area contributed by atoms with Crippen molar-refractivity contribution in [2.75, 3.05) is 18.9 Å². The lowest BCUT2D eigenvalue weighted by molar-refractivity contribution is 0.0711. The fourth-order valence-corrected chi connectivity index (χ4v) is 2.43. The van der Waals surface area contributed by atoms with Crippen LogP contribution in [0.3, 0.4) is 0 Å². The molecule has 2 aromatic rings. The van der Waals surface area contributed by atoms with E-state index in [1.807, 2.05) is 10.6 Å². The maximum atomic E-state index is 13.6. The lowest BCUT2D eigenvalue weighted by atomic mass is 10.1. The summed E-state index contributed by atoms with van der Waals surface area (Å²) in [5.41, 5.74) is 7.03. The maximum Gasteiger partial charge on any atom is 0.201 e. The van der Waals surface area contributed by atoms with Gasteiger partial charge in [0.15, 0.2) is 5.82 Å². The molecule has 2 N–H and O–H groups in total. The highest BCUT2D eigenvalue weighted by Gasteiger charge is 2.21. The second-order valence-corrected chi connectivity index (χ2v) is 4.29. The predicted octanol–water partition coefficient (Wildman–Crippen LogP) is 2.11. The third-order valence-electron chi connectivity index (χ3n) is 3.25. The van der Waals surface area contributed by atoms with Gasteiger partial charge >= 0.3 is 0 Å². The lowest BCUT2D eigenvalue weighted by Gasteiger charge is -2.24. The summed E-state index contributed by atoms with van der Waals surface area (Å²) in [7, 11) is 0. The highest BCUT2D eigenvalue weighted by atomic mass is 19.1. The van der Waals surface area contributed by atoms with Gasteiger partial charge < -0.3 is 15.0 Å². The zero-order valence-electron chi connectivity index (χ0n) is 9.40. The first-order valence-corrected chi connectivity index (χ1v) is 5.77. The molecule has 0 bridgehead atoms. The van der Waals surface area contributed by atoms with E-state index in [9.17, 15) is 4.39 Å². The third kappa shape index (κ3) is 1.67. The number of aromatic nitrogens is 2. The van der Waals surface area contributed by atoms with E-state index in [0.717, 1.165) is 31.6 Å². The molecule has 0 atom stereocenters. The van der Waals surface area contributed by atoms with Crippen LogP contribution >= 0.6 is 0 Å². The first-order chi connectivity index (χ1) is 8.27. The van der Waals surface area contributed by atoms with Crippen molar-refractivity contribution in [1.29, 1.82) is 0 Å². The second kappa shape index (κ2) is 4.00. The Hall–Kier alpha value is -1.62. The van der Waals surface area contributed by atoms with Gasteiger partial charge in [0.05, 0.1) is 5.52 Å². The number of benzene rings is 1. The van der Waals surface area contributed by atoms with Gasteiger partial charge in [-0.05, 0) is 25.0 Å². The number of nitrogens with zero attached hydrogens (tertiary/aromatic N) is 2. The smallest absolute Gasteiger partial charge is 0.201 e. The SMILES string of the molecule is Nc1nc2c(F)cccc2n1C1CCOCC1. The number of rotatable bonds is 1. The predicted molar refractivity (Wildman–Crippen MR) is 63.2 cm³/mol. The minimum atomic E-state index is -0.319. The minimum Gasteiger partial charge on any atom is -0.381 e. The summed E-state index contributed by atoms with van der Waals surface area (Å²) in [4.78, 5) is 4.11. The van der Waals surface area contributed by atoms with Gasteiger partial charge in [0, 0.05) is 19.3 Å². The molecule has 1 aliphatic heterocycles. The molecule has 5 heteroatoms. The molecule has 0 spiro atoms. The first kappa shape index (κ1) is 10.5. The molecule has 0 saturated carbocycles. The number of fused-ring (bicyclic) bond motifs is 1. The molecule has 1 aromatic heterocycles. The van der Waals surface area contributed by atoms with Crippen LogP contribution in [0.1, 0.15) is 18.9 Å². The van der Waals surface area contributed by atoms with Gasteiger partial charge in [-0.3, -0.25) is 0 Å². The number of hydrogen-bond donors (Lipinski definition) is 1. The largest absolute Gasteiger partial charge is 0.381 e. The Kier molecular flexibility index (Phi) is 2.48. The Labute approximate surface area is 98.2 Å². The van der Waals surface area contributed by atoms with Crippen LogP contribution in [0.15, 0.2) is 18.2 Å². The van der Waals surface area contributed by atoms with E-state index in [4.69, 9.17) is 10.5 Å². The quantitative estimate of drug-likeness (QED) is 0.823. The number of hydrogen-bond acceptors (Lipinski definition) is 3. The van der Waals surface area contributed by atoms with Crippen LogP contribution < -0.4 is 5.73 Å². The maximum absolute atomic E-state index is 13.6. The summed E-state index contributed by atoms with van der Waals surface area (Å²) >= 11 is 0. The number of para-hydroxylation sites is 1. The number of ether oxygens (including phenoxy) is 1. The van der Waals surface area contributed by atoms with Crippen molar-refractivity contribution >= 4 is 17.0 Å². The Balaban J connectivity index is 2.14. The van der Waals surface area contributed by atoms with Gasteiger partial charge in [-0.15, -0.1) is 0 Å². The van der Waals surface area contributed by atoms with Crippen LogP contribution in [0.4, 0.5) is 10.3 Å². The molecule has 90 valence electrons. The zero-order chi connectivity index (χ0) is 11.8.